The molecule has 2 heterocycles. The smallest absolute Gasteiger partial charge is 0.272 e. The largest absolute Gasteiger partial charge is 0.350 e. The summed E-state index contributed by atoms with van der Waals surface area (Å²) in [5.74, 6) is -0.276. The van der Waals surface area contributed by atoms with Crippen LogP contribution in [0.5, 0.6) is 0 Å². The summed E-state index contributed by atoms with van der Waals surface area (Å²) in [6.07, 6.45) is 0. The third-order valence-electron chi connectivity index (χ3n) is 2.82. The van der Waals surface area contributed by atoms with Crippen molar-refractivity contribution >= 4 is 38.8 Å². The number of thiophene rings is 1. The molecule has 0 spiro atoms. The van der Waals surface area contributed by atoms with Crippen molar-refractivity contribution in [2.45, 2.75) is 0 Å². The Hall–Kier alpha value is -2.67. The summed E-state index contributed by atoms with van der Waals surface area (Å²) in [6.45, 7) is 0. The number of nitrogens with zero attached hydrogens (tertiary/aromatic N) is 1. The molecule has 1 aromatic carbocycles. The van der Waals surface area contributed by atoms with Crippen LogP contribution in [0.15, 0.2) is 41.8 Å². The summed E-state index contributed by atoms with van der Waals surface area (Å²) in [5, 5.41) is 15.2. The zero-order chi connectivity index (χ0) is 14.1. The number of carbonyl (C=O) groups is 1. The molecule has 0 radical (unpaired) electrons. The van der Waals surface area contributed by atoms with E-state index in [1.807, 2.05) is 11.4 Å². The number of hydrogen-bond donors (Lipinski definition) is 2. The van der Waals surface area contributed by atoms with Gasteiger partial charge in [-0.1, -0.05) is 0 Å². The number of hydrogen-bond acceptors (Lipinski definition) is 4. The number of aromatic nitrogens is 1. The number of fused-ring (bicyclic) bond motifs is 1. The SMILES string of the molecule is O=C(Nc1ccc([N+](=O)[O-])cc1)c1cc2sccc2[nH]1. The predicted octanol–water partition coefficient (Wildman–Crippen LogP) is 3.39. The van der Waals surface area contributed by atoms with Crippen molar-refractivity contribution < 1.29 is 9.72 Å². The van der Waals surface area contributed by atoms with E-state index in [1.165, 1.54) is 24.3 Å². The lowest BCUT2D eigenvalue weighted by atomic mass is 10.3. The highest BCUT2D eigenvalue weighted by Crippen LogP contribution is 2.22. The van der Waals surface area contributed by atoms with E-state index < -0.39 is 4.92 Å². The minimum Gasteiger partial charge on any atom is -0.350 e. The molecular formula is C13H9N3O3S. The number of anilines is 1. The lowest BCUT2D eigenvalue weighted by Crippen LogP contribution is -2.12. The normalized spacial score (nSPS) is 10.6. The van der Waals surface area contributed by atoms with Gasteiger partial charge in [0.1, 0.15) is 5.69 Å². The molecule has 1 amide bonds. The number of carbonyl (C=O) groups excluding carboxylic acids is 1. The van der Waals surface area contributed by atoms with Gasteiger partial charge in [-0.05, 0) is 29.6 Å². The summed E-state index contributed by atoms with van der Waals surface area (Å²) in [4.78, 5) is 25.1. The van der Waals surface area contributed by atoms with Gasteiger partial charge in [0.05, 0.1) is 15.1 Å². The monoisotopic (exact) mass is 287 g/mol. The van der Waals surface area contributed by atoms with Crippen LogP contribution in [-0.2, 0) is 0 Å². The summed E-state index contributed by atoms with van der Waals surface area (Å²) in [7, 11) is 0. The molecule has 2 N–H and O–H groups in total. The van der Waals surface area contributed by atoms with Gasteiger partial charge >= 0.3 is 0 Å². The lowest BCUT2D eigenvalue weighted by Gasteiger charge is -2.03. The van der Waals surface area contributed by atoms with Gasteiger partial charge in [0, 0.05) is 17.8 Å². The molecule has 0 aliphatic heterocycles. The van der Waals surface area contributed by atoms with Crippen molar-refractivity contribution in [2.24, 2.45) is 0 Å². The second-order valence-corrected chi connectivity index (χ2v) is 5.09. The van der Waals surface area contributed by atoms with Gasteiger partial charge in [0.15, 0.2) is 0 Å². The minimum absolute atomic E-state index is 0.0108. The molecule has 0 atom stereocenters. The standard InChI is InChI=1S/C13H9N3O3S/c17-13(11-7-12-10(15-11)5-6-20-12)14-8-1-3-9(4-2-8)16(18)19/h1-7,15H,(H,14,17). The molecule has 0 aliphatic rings. The molecule has 100 valence electrons. The molecule has 20 heavy (non-hydrogen) atoms. The van der Waals surface area contributed by atoms with Gasteiger partial charge in [0.25, 0.3) is 11.6 Å². The number of H-pyrrole nitrogens is 1. The number of aromatic amines is 1. The van der Waals surface area contributed by atoms with E-state index >= 15 is 0 Å². The van der Waals surface area contributed by atoms with Gasteiger partial charge < -0.3 is 10.3 Å². The van der Waals surface area contributed by atoms with Gasteiger partial charge in [-0.3, -0.25) is 14.9 Å². The van der Waals surface area contributed by atoms with E-state index in [2.05, 4.69) is 10.3 Å². The molecule has 0 unspecified atom stereocenters. The number of nitrogens with one attached hydrogen (secondary N) is 2. The first-order valence-electron chi connectivity index (χ1n) is 5.75. The van der Waals surface area contributed by atoms with Crippen LogP contribution in [-0.4, -0.2) is 15.8 Å². The number of benzene rings is 1. The average molecular weight is 287 g/mol. The van der Waals surface area contributed by atoms with Crippen LogP contribution in [0.4, 0.5) is 11.4 Å². The Labute approximate surface area is 117 Å². The lowest BCUT2D eigenvalue weighted by molar-refractivity contribution is -0.384. The maximum absolute atomic E-state index is 12.0. The Bertz CT molecular complexity index is 760. The Morgan fingerprint density at radius 3 is 2.65 bits per heavy atom. The van der Waals surface area contributed by atoms with Gasteiger partial charge in [-0.25, -0.2) is 0 Å². The third-order valence-corrected chi connectivity index (χ3v) is 3.68. The van der Waals surface area contributed by atoms with E-state index in [1.54, 1.807) is 17.4 Å². The van der Waals surface area contributed by atoms with Crippen molar-refractivity contribution in [3.05, 3.63) is 57.6 Å². The number of nitro benzene ring substituents is 1. The van der Waals surface area contributed by atoms with Gasteiger partial charge in [0.2, 0.25) is 0 Å². The predicted molar refractivity (Wildman–Crippen MR) is 77.2 cm³/mol. The van der Waals surface area contributed by atoms with Crippen LogP contribution in [0.1, 0.15) is 10.5 Å². The summed E-state index contributed by atoms with van der Waals surface area (Å²) < 4.78 is 1.01. The molecular weight excluding hydrogens is 278 g/mol. The Morgan fingerprint density at radius 1 is 1.25 bits per heavy atom. The fourth-order valence-corrected chi connectivity index (χ4v) is 2.62. The second kappa shape index (κ2) is 4.78. The third kappa shape index (κ3) is 2.26. The van der Waals surface area contributed by atoms with Crippen LogP contribution < -0.4 is 5.32 Å². The summed E-state index contributed by atoms with van der Waals surface area (Å²) in [6, 6.07) is 9.39. The van der Waals surface area contributed by atoms with E-state index in [0.29, 0.717) is 11.4 Å². The Kier molecular flexibility index (Phi) is 2.96. The molecule has 6 nitrogen and oxygen atoms in total. The fraction of sp³-hybridized carbons (Fsp3) is 0. The van der Waals surface area contributed by atoms with Crippen molar-refractivity contribution in [1.82, 2.24) is 4.98 Å². The number of rotatable bonds is 3. The van der Waals surface area contributed by atoms with Crippen LogP contribution >= 0.6 is 11.3 Å². The fourth-order valence-electron chi connectivity index (χ4n) is 1.84. The zero-order valence-corrected chi connectivity index (χ0v) is 10.9. The average Bonchev–Trinajstić information content (AvgIpc) is 2.99. The van der Waals surface area contributed by atoms with Gasteiger partial charge in [-0.2, -0.15) is 0 Å². The van der Waals surface area contributed by atoms with E-state index in [4.69, 9.17) is 0 Å². The van der Waals surface area contributed by atoms with Crippen molar-refractivity contribution in [2.75, 3.05) is 5.32 Å². The van der Waals surface area contributed by atoms with Crippen molar-refractivity contribution in [3.8, 4) is 0 Å². The zero-order valence-electron chi connectivity index (χ0n) is 10.1. The molecule has 3 aromatic rings. The molecule has 2 aromatic heterocycles. The van der Waals surface area contributed by atoms with Crippen LogP contribution in [0.25, 0.3) is 10.2 Å². The maximum Gasteiger partial charge on any atom is 0.272 e. The Morgan fingerprint density at radius 2 is 2.00 bits per heavy atom. The summed E-state index contributed by atoms with van der Waals surface area (Å²) in [5.41, 5.74) is 1.89. The number of non-ortho nitro benzene ring substituents is 1. The first-order chi connectivity index (χ1) is 9.63. The van der Waals surface area contributed by atoms with Crippen molar-refractivity contribution in [3.63, 3.8) is 0 Å². The van der Waals surface area contributed by atoms with E-state index in [9.17, 15) is 14.9 Å². The topological polar surface area (TPSA) is 88.0 Å². The van der Waals surface area contributed by atoms with Crippen LogP contribution in [0.2, 0.25) is 0 Å². The first kappa shape index (κ1) is 12.4. The molecule has 0 saturated carbocycles. The highest BCUT2D eigenvalue weighted by molar-refractivity contribution is 7.17. The van der Waals surface area contributed by atoms with E-state index in [-0.39, 0.29) is 11.6 Å². The molecule has 0 aliphatic carbocycles. The van der Waals surface area contributed by atoms with Crippen LogP contribution in [0, 0.1) is 10.1 Å². The van der Waals surface area contributed by atoms with Crippen LogP contribution in [0.3, 0.4) is 0 Å². The quantitative estimate of drug-likeness (QED) is 0.571. The first-order valence-corrected chi connectivity index (χ1v) is 6.63. The second-order valence-electron chi connectivity index (χ2n) is 4.14. The summed E-state index contributed by atoms with van der Waals surface area (Å²) >= 11 is 1.55. The highest BCUT2D eigenvalue weighted by atomic mass is 32.1. The molecule has 0 bridgehead atoms. The number of nitro groups is 1. The minimum atomic E-state index is -0.481. The molecule has 0 saturated heterocycles. The molecule has 0 fully saturated rings. The Balaban J connectivity index is 1.78. The number of amides is 1. The van der Waals surface area contributed by atoms with E-state index in [0.717, 1.165) is 10.2 Å². The maximum atomic E-state index is 12.0. The van der Waals surface area contributed by atoms with Crippen molar-refractivity contribution in [1.29, 1.82) is 0 Å². The van der Waals surface area contributed by atoms with Gasteiger partial charge in [-0.15, -0.1) is 11.3 Å². The molecule has 3 rings (SSSR count). The molecule has 7 heteroatoms. The highest BCUT2D eigenvalue weighted by Gasteiger charge is 2.11.